The van der Waals surface area contributed by atoms with Crippen LogP contribution >= 0.6 is 0 Å². The highest BCUT2D eigenvalue weighted by Gasteiger charge is 2.21. The van der Waals surface area contributed by atoms with Gasteiger partial charge in [-0.3, -0.25) is 4.98 Å². The molecule has 0 amide bonds. The highest BCUT2D eigenvalue weighted by Crippen LogP contribution is 2.22. The summed E-state index contributed by atoms with van der Waals surface area (Å²) in [5, 5.41) is 0. The zero-order valence-corrected chi connectivity index (χ0v) is 8.48. The molecule has 1 saturated heterocycles. The van der Waals surface area contributed by atoms with E-state index < -0.39 is 0 Å². The van der Waals surface area contributed by atoms with Crippen molar-refractivity contribution in [3.8, 4) is 0 Å². The van der Waals surface area contributed by atoms with Crippen LogP contribution in [-0.4, -0.2) is 22.6 Å². The first-order chi connectivity index (χ1) is 6.81. The first kappa shape index (κ1) is 9.40. The smallest absolute Gasteiger partial charge is 0.147 e. The first-order valence-corrected chi connectivity index (χ1v) is 5.09. The molecule has 1 aromatic heterocycles. The van der Waals surface area contributed by atoms with E-state index >= 15 is 0 Å². The summed E-state index contributed by atoms with van der Waals surface area (Å²) in [6, 6.07) is 0.591. The van der Waals surface area contributed by atoms with Gasteiger partial charge < -0.3 is 10.6 Å². The third-order valence-electron chi connectivity index (χ3n) is 2.75. The van der Waals surface area contributed by atoms with Gasteiger partial charge in [0.15, 0.2) is 0 Å². The van der Waals surface area contributed by atoms with Gasteiger partial charge in [0.05, 0.1) is 18.1 Å². The predicted molar refractivity (Wildman–Crippen MR) is 56.0 cm³/mol. The van der Waals surface area contributed by atoms with Crippen molar-refractivity contribution >= 4 is 5.82 Å². The lowest BCUT2D eigenvalue weighted by molar-refractivity contribution is 0.724. The number of hydrogen-bond acceptors (Lipinski definition) is 4. The van der Waals surface area contributed by atoms with Gasteiger partial charge in [0, 0.05) is 19.1 Å². The van der Waals surface area contributed by atoms with E-state index in [-0.39, 0.29) is 0 Å². The zero-order valence-electron chi connectivity index (χ0n) is 8.48. The standard InChI is InChI=1S/C10H16N4/c1-8-3-2-4-14(8)10-7-12-9(5-11)6-13-10/h6-8H,2-5,11H2,1H3/t8-/m0/s1. The fourth-order valence-electron chi connectivity index (χ4n) is 1.88. The van der Waals surface area contributed by atoms with Crippen molar-refractivity contribution in [2.75, 3.05) is 11.4 Å². The molecule has 1 fully saturated rings. The Bertz CT molecular complexity index is 295. The number of aromatic nitrogens is 2. The van der Waals surface area contributed by atoms with Crippen molar-refractivity contribution in [2.24, 2.45) is 5.73 Å². The molecule has 76 valence electrons. The van der Waals surface area contributed by atoms with E-state index in [9.17, 15) is 0 Å². The van der Waals surface area contributed by atoms with Crippen molar-refractivity contribution in [2.45, 2.75) is 32.4 Å². The second-order valence-corrected chi connectivity index (χ2v) is 3.75. The summed E-state index contributed by atoms with van der Waals surface area (Å²) in [6.45, 7) is 3.78. The molecular formula is C10H16N4. The third-order valence-corrected chi connectivity index (χ3v) is 2.75. The molecule has 2 N–H and O–H groups in total. The number of anilines is 1. The Kier molecular flexibility index (Phi) is 2.63. The minimum atomic E-state index is 0.461. The van der Waals surface area contributed by atoms with Gasteiger partial charge >= 0.3 is 0 Å². The Morgan fingerprint density at radius 3 is 2.86 bits per heavy atom. The second kappa shape index (κ2) is 3.92. The first-order valence-electron chi connectivity index (χ1n) is 5.09. The summed E-state index contributed by atoms with van der Waals surface area (Å²) < 4.78 is 0. The van der Waals surface area contributed by atoms with Gasteiger partial charge in [-0.1, -0.05) is 0 Å². The van der Waals surface area contributed by atoms with Crippen LogP contribution < -0.4 is 10.6 Å². The fraction of sp³-hybridized carbons (Fsp3) is 0.600. The van der Waals surface area contributed by atoms with Crippen LogP contribution in [0.5, 0.6) is 0 Å². The van der Waals surface area contributed by atoms with Crippen molar-refractivity contribution in [1.29, 1.82) is 0 Å². The highest BCUT2D eigenvalue weighted by atomic mass is 15.2. The third kappa shape index (κ3) is 1.70. The minimum absolute atomic E-state index is 0.461. The lowest BCUT2D eigenvalue weighted by Crippen LogP contribution is -2.27. The SMILES string of the molecule is C[C@H]1CCCN1c1cnc(CN)cn1. The maximum Gasteiger partial charge on any atom is 0.147 e. The molecule has 0 aliphatic carbocycles. The van der Waals surface area contributed by atoms with E-state index in [2.05, 4.69) is 21.8 Å². The number of rotatable bonds is 2. The van der Waals surface area contributed by atoms with Gasteiger partial charge in [0.1, 0.15) is 5.82 Å². The Morgan fingerprint density at radius 2 is 2.36 bits per heavy atom. The maximum atomic E-state index is 5.46. The number of nitrogens with zero attached hydrogens (tertiary/aromatic N) is 3. The van der Waals surface area contributed by atoms with Crippen molar-refractivity contribution in [3.63, 3.8) is 0 Å². The lowest BCUT2D eigenvalue weighted by atomic mass is 10.2. The average molecular weight is 192 g/mol. The van der Waals surface area contributed by atoms with Gasteiger partial charge in [-0.15, -0.1) is 0 Å². The largest absolute Gasteiger partial charge is 0.353 e. The maximum absolute atomic E-state index is 5.46. The summed E-state index contributed by atoms with van der Waals surface area (Å²) in [6.07, 6.45) is 6.09. The van der Waals surface area contributed by atoms with Crippen LogP contribution in [0.3, 0.4) is 0 Å². The average Bonchev–Trinajstić information content (AvgIpc) is 2.65. The van der Waals surface area contributed by atoms with Crippen LogP contribution in [0.15, 0.2) is 12.4 Å². The molecule has 1 aliphatic heterocycles. The highest BCUT2D eigenvalue weighted by molar-refractivity contribution is 5.38. The molecule has 1 aromatic rings. The van der Waals surface area contributed by atoms with Crippen molar-refractivity contribution in [1.82, 2.24) is 9.97 Å². The van der Waals surface area contributed by atoms with Gasteiger partial charge in [0.2, 0.25) is 0 Å². The number of nitrogens with two attached hydrogens (primary N) is 1. The summed E-state index contributed by atoms with van der Waals surface area (Å²) in [7, 11) is 0. The van der Waals surface area contributed by atoms with Gasteiger partial charge in [-0.2, -0.15) is 0 Å². The molecule has 4 nitrogen and oxygen atoms in total. The zero-order chi connectivity index (χ0) is 9.97. The second-order valence-electron chi connectivity index (χ2n) is 3.75. The molecular weight excluding hydrogens is 176 g/mol. The molecule has 0 radical (unpaired) electrons. The minimum Gasteiger partial charge on any atom is -0.353 e. The molecule has 0 unspecified atom stereocenters. The molecule has 0 aromatic carbocycles. The van der Waals surface area contributed by atoms with E-state index in [1.165, 1.54) is 12.8 Å². The Balaban J connectivity index is 2.16. The van der Waals surface area contributed by atoms with E-state index in [0.717, 1.165) is 18.1 Å². The number of hydrogen-bond donors (Lipinski definition) is 1. The molecule has 14 heavy (non-hydrogen) atoms. The van der Waals surface area contributed by atoms with Gasteiger partial charge in [0.25, 0.3) is 0 Å². The lowest BCUT2D eigenvalue weighted by Gasteiger charge is -2.21. The van der Waals surface area contributed by atoms with Crippen molar-refractivity contribution < 1.29 is 0 Å². The Morgan fingerprint density at radius 1 is 1.50 bits per heavy atom. The van der Waals surface area contributed by atoms with Crippen LogP contribution in [0.1, 0.15) is 25.5 Å². The topological polar surface area (TPSA) is 55.0 Å². The molecule has 2 rings (SSSR count). The molecule has 2 heterocycles. The molecule has 0 saturated carbocycles. The predicted octanol–water partition coefficient (Wildman–Crippen LogP) is 0.924. The molecule has 1 aliphatic rings. The van der Waals surface area contributed by atoms with Crippen LogP contribution in [0.2, 0.25) is 0 Å². The normalized spacial score (nSPS) is 21.6. The molecule has 1 atom stereocenters. The van der Waals surface area contributed by atoms with Gasteiger partial charge in [-0.05, 0) is 19.8 Å². The van der Waals surface area contributed by atoms with Gasteiger partial charge in [-0.25, -0.2) is 4.98 Å². The quantitative estimate of drug-likeness (QED) is 0.757. The van der Waals surface area contributed by atoms with E-state index in [1.807, 2.05) is 6.20 Å². The van der Waals surface area contributed by atoms with E-state index in [0.29, 0.717) is 12.6 Å². The van der Waals surface area contributed by atoms with Crippen LogP contribution in [0, 0.1) is 0 Å². The molecule has 0 bridgehead atoms. The Hall–Kier alpha value is -1.16. The molecule has 0 spiro atoms. The van der Waals surface area contributed by atoms with E-state index in [1.54, 1.807) is 6.20 Å². The fourth-order valence-corrected chi connectivity index (χ4v) is 1.88. The monoisotopic (exact) mass is 192 g/mol. The van der Waals surface area contributed by atoms with Crippen molar-refractivity contribution in [3.05, 3.63) is 18.1 Å². The molecule has 4 heteroatoms. The summed E-state index contributed by atoms with van der Waals surface area (Å²) >= 11 is 0. The summed E-state index contributed by atoms with van der Waals surface area (Å²) in [5.41, 5.74) is 6.31. The van der Waals surface area contributed by atoms with E-state index in [4.69, 9.17) is 5.73 Å². The summed E-state index contributed by atoms with van der Waals surface area (Å²) in [4.78, 5) is 10.9. The van der Waals surface area contributed by atoms with Crippen LogP contribution in [0.4, 0.5) is 5.82 Å². The van der Waals surface area contributed by atoms with Crippen LogP contribution in [-0.2, 0) is 6.54 Å². The Labute approximate surface area is 84.2 Å². The van der Waals surface area contributed by atoms with Crippen LogP contribution in [0.25, 0.3) is 0 Å². The summed E-state index contributed by atoms with van der Waals surface area (Å²) in [5.74, 6) is 0.979.